The van der Waals surface area contributed by atoms with Crippen LogP contribution >= 0.6 is 0 Å². The summed E-state index contributed by atoms with van der Waals surface area (Å²) >= 11 is 0. The van der Waals surface area contributed by atoms with E-state index in [0.29, 0.717) is 36.3 Å². The van der Waals surface area contributed by atoms with Crippen molar-refractivity contribution in [2.24, 2.45) is 5.92 Å². The summed E-state index contributed by atoms with van der Waals surface area (Å²) in [7, 11) is -3.69. The predicted molar refractivity (Wildman–Crippen MR) is 139 cm³/mol. The number of aryl methyl sites for hydroxylation is 1. The van der Waals surface area contributed by atoms with Crippen molar-refractivity contribution in [3.05, 3.63) is 102 Å². The number of likely N-dealkylation sites (tertiary alicyclic amines) is 1. The SMILES string of the molecule is O=C(c1[nH]c2ccccc2c1S(=O)(=O)CCc1ccccc1)N1CCC(Cc2ccccc2)CC1. The lowest BCUT2D eigenvalue weighted by Crippen LogP contribution is -2.39. The third kappa shape index (κ3) is 5.17. The molecule has 0 unspecified atom stereocenters. The fourth-order valence-corrected chi connectivity index (χ4v) is 6.71. The Labute approximate surface area is 206 Å². The molecule has 1 aliphatic rings. The maximum absolute atomic E-state index is 13.6. The van der Waals surface area contributed by atoms with Crippen LogP contribution in [0.2, 0.25) is 0 Å². The van der Waals surface area contributed by atoms with Gasteiger partial charge in [0.05, 0.1) is 5.75 Å². The molecule has 0 saturated carbocycles. The molecule has 1 aromatic heterocycles. The van der Waals surface area contributed by atoms with E-state index in [-0.39, 0.29) is 22.2 Å². The molecule has 0 aliphatic carbocycles. The first-order chi connectivity index (χ1) is 17.0. The Hall–Kier alpha value is -3.38. The average Bonchev–Trinajstić information content (AvgIpc) is 3.30. The van der Waals surface area contributed by atoms with Crippen molar-refractivity contribution < 1.29 is 13.2 Å². The van der Waals surface area contributed by atoms with Crippen LogP contribution in [0.4, 0.5) is 0 Å². The minimum atomic E-state index is -3.69. The van der Waals surface area contributed by atoms with Crippen LogP contribution in [0.3, 0.4) is 0 Å². The van der Waals surface area contributed by atoms with Crippen molar-refractivity contribution in [2.75, 3.05) is 18.8 Å². The van der Waals surface area contributed by atoms with Crippen molar-refractivity contribution in [1.82, 2.24) is 9.88 Å². The Morgan fingerprint density at radius 2 is 1.43 bits per heavy atom. The standard InChI is InChI=1S/C29H30N2O3S/c32-29(31-18-15-24(16-19-31)21-23-11-5-2-6-12-23)27-28(25-13-7-8-14-26(25)30-27)35(33,34)20-17-22-9-3-1-4-10-22/h1-14,24,30H,15-21H2. The highest BCUT2D eigenvalue weighted by molar-refractivity contribution is 7.91. The molecule has 0 bridgehead atoms. The number of carbonyl (C=O) groups excluding carboxylic acids is 1. The van der Waals surface area contributed by atoms with E-state index >= 15 is 0 Å². The molecule has 0 radical (unpaired) electrons. The predicted octanol–water partition coefficient (Wildman–Crippen LogP) is 5.28. The normalized spacial score (nSPS) is 14.9. The van der Waals surface area contributed by atoms with Gasteiger partial charge in [-0.2, -0.15) is 0 Å². The largest absolute Gasteiger partial charge is 0.349 e. The van der Waals surface area contributed by atoms with Crippen molar-refractivity contribution >= 4 is 26.6 Å². The number of sulfone groups is 1. The molecule has 6 heteroatoms. The summed E-state index contributed by atoms with van der Waals surface area (Å²) < 4.78 is 27.1. The van der Waals surface area contributed by atoms with E-state index < -0.39 is 9.84 Å². The first kappa shape index (κ1) is 23.4. The number of amides is 1. The molecule has 1 saturated heterocycles. The molecule has 35 heavy (non-hydrogen) atoms. The van der Waals surface area contributed by atoms with E-state index in [1.165, 1.54) is 5.56 Å². The Bertz CT molecular complexity index is 1400. The molecule has 1 aliphatic heterocycles. The Morgan fingerprint density at radius 1 is 0.829 bits per heavy atom. The number of nitrogens with one attached hydrogen (secondary N) is 1. The summed E-state index contributed by atoms with van der Waals surface area (Å²) in [5, 5.41) is 0.586. The minimum absolute atomic E-state index is 0.0434. The van der Waals surface area contributed by atoms with Crippen LogP contribution in [-0.4, -0.2) is 43.1 Å². The second kappa shape index (κ2) is 10.1. The van der Waals surface area contributed by atoms with Crippen molar-refractivity contribution in [3.63, 3.8) is 0 Å². The van der Waals surface area contributed by atoms with Crippen LogP contribution in [-0.2, 0) is 22.7 Å². The van der Waals surface area contributed by atoms with Gasteiger partial charge < -0.3 is 9.88 Å². The minimum Gasteiger partial charge on any atom is -0.349 e. The van der Waals surface area contributed by atoms with Crippen molar-refractivity contribution in [3.8, 4) is 0 Å². The summed E-state index contributed by atoms with van der Waals surface area (Å²) in [6.07, 6.45) is 3.24. The van der Waals surface area contributed by atoms with Crippen LogP contribution in [0.25, 0.3) is 10.9 Å². The molecule has 0 atom stereocenters. The number of aromatic nitrogens is 1. The lowest BCUT2D eigenvalue weighted by molar-refractivity contribution is 0.0681. The first-order valence-corrected chi connectivity index (χ1v) is 13.9. The van der Waals surface area contributed by atoms with Crippen LogP contribution in [0.15, 0.2) is 89.8 Å². The summed E-state index contributed by atoms with van der Waals surface area (Å²) in [6, 6.07) is 27.3. The van der Waals surface area contributed by atoms with E-state index in [4.69, 9.17) is 0 Å². The highest BCUT2D eigenvalue weighted by atomic mass is 32.2. The zero-order valence-corrected chi connectivity index (χ0v) is 20.5. The molecular weight excluding hydrogens is 456 g/mol. The third-order valence-corrected chi connectivity index (χ3v) is 8.74. The van der Waals surface area contributed by atoms with Gasteiger partial charge in [0.2, 0.25) is 0 Å². The number of hydrogen-bond donors (Lipinski definition) is 1. The van der Waals surface area contributed by atoms with E-state index in [1.807, 2.05) is 59.5 Å². The molecule has 3 aromatic carbocycles. The third-order valence-electron chi connectivity index (χ3n) is 6.95. The first-order valence-electron chi connectivity index (χ1n) is 12.2. The molecule has 0 spiro atoms. The maximum atomic E-state index is 13.6. The number of fused-ring (bicyclic) bond motifs is 1. The fraction of sp³-hybridized carbons (Fsp3) is 0.276. The number of nitrogens with zero attached hydrogens (tertiary/aromatic N) is 1. The van der Waals surface area contributed by atoms with Gasteiger partial charge in [-0.25, -0.2) is 8.42 Å². The van der Waals surface area contributed by atoms with Crippen LogP contribution in [0, 0.1) is 5.92 Å². The Kier molecular flexibility index (Phi) is 6.73. The van der Waals surface area contributed by atoms with Gasteiger partial charge in [-0.15, -0.1) is 0 Å². The fourth-order valence-electron chi connectivity index (χ4n) is 5.03. The van der Waals surface area contributed by atoms with Gasteiger partial charge in [-0.1, -0.05) is 78.9 Å². The number of hydrogen-bond acceptors (Lipinski definition) is 3. The second-order valence-electron chi connectivity index (χ2n) is 9.35. The highest BCUT2D eigenvalue weighted by Crippen LogP contribution is 2.31. The van der Waals surface area contributed by atoms with E-state index in [9.17, 15) is 13.2 Å². The van der Waals surface area contributed by atoms with Gasteiger partial charge in [-0.3, -0.25) is 4.79 Å². The lowest BCUT2D eigenvalue weighted by Gasteiger charge is -2.32. The van der Waals surface area contributed by atoms with Crippen LogP contribution in [0.5, 0.6) is 0 Å². The van der Waals surface area contributed by atoms with Gasteiger partial charge in [-0.05, 0) is 48.8 Å². The average molecular weight is 487 g/mol. The number of piperidine rings is 1. The number of carbonyl (C=O) groups is 1. The molecule has 180 valence electrons. The van der Waals surface area contributed by atoms with E-state index in [2.05, 4.69) is 29.2 Å². The van der Waals surface area contributed by atoms with Gasteiger partial charge in [0.15, 0.2) is 9.84 Å². The molecule has 1 amide bonds. The van der Waals surface area contributed by atoms with Gasteiger partial charge in [0.1, 0.15) is 10.6 Å². The van der Waals surface area contributed by atoms with Crippen molar-refractivity contribution in [2.45, 2.75) is 30.6 Å². The van der Waals surface area contributed by atoms with Gasteiger partial charge in [0, 0.05) is 24.0 Å². The summed E-state index contributed by atoms with van der Waals surface area (Å²) in [5.74, 6) is 0.258. The van der Waals surface area contributed by atoms with E-state index in [0.717, 1.165) is 24.8 Å². The molecule has 1 N–H and O–H groups in total. The highest BCUT2D eigenvalue weighted by Gasteiger charge is 2.32. The second-order valence-corrected chi connectivity index (χ2v) is 11.4. The lowest BCUT2D eigenvalue weighted by atomic mass is 9.90. The summed E-state index contributed by atoms with van der Waals surface area (Å²) in [6.45, 7) is 1.27. The van der Waals surface area contributed by atoms with E-state index in [1.54, 1.807) is 6.07 Å². The smallest absolute Gasteiger partial charge is 0.271 e. The number of aromatic amines is 1. The molecule has 5 rings (SSSR count). The van der Waals surface area contributed by atoms with Gasteiger partial charge in [0.25, 0.3) is 5.91 Å². The quantitative estimate of drug-likeness (QED) is 0.386. The number of H-pyrrole nitrogens is 1. The molecule has 1 fully saturated rings. The summed E-state index contributed by atoms with van der Waals surface area (Å²) in [5.41, 5.74) is 3.15. The number of benzene rings is 3. The molecule has 2 heterocycles. The van der Waals surface area contributed by atoms with Gasteiger partial charge >= 0.3 is 0 Å². The topological polar surface area (TPSA) is 70.2 Å². The molecule has 4 aromatic rings. The summed E-state index contributed by atoms with van der Waals surface area (Å²) in [4.78, 5) is 18.7. The number of rotatable bonds is 7. The number of para-hydroxylation sites is 1. The Morgan fingerprint density at radius 3 is 2.11 bits per heavy atom. The monoisotopic (exact) mass is 486 g/mol. The van der Waals surface area contributed by atoms with Crippen LogP contribution in [0.1, 0.15) is 34.5 Å². The zero-order chi connectivity index (χ0) is 24.3. The molecular formula is C29H30N2O3S. The maximum Gasteiger partial charge on any atom is 0.271 e. The molecule has 5 nitrogen and oxygen atoms in total. The Balaban J connectivity index is 1.36. The zero-order valence-electron chi connectivity index (χ0n) is 19.7. The van der Waals surface area contributed by atoms with Crippen LogP contribution < -0.4 is 0 Å². The van der Waals surface area contributed by atoms with Crippen molar-refractivity contribution in [1.29, 1.82) is 0 Å².